The van der Waals surface area contributed by atoms with E-state index < -0.39 is 0 Å². The lowest BCUT2D eigenvalue weighted by Gasteiger charge is -2.30. The maximum Gasteiger partial charge on any atom is 0.0540 e. The Balaban J connectivity index is 1.15. The summed E-state index contributed by atoms with van der Waals surface area (Å²) in [4.78, 5) is 2.42. The Morgan fingerprint density at radius 1 is 0.245 bits per heavy atom. The van der Waals surface area contributed by atoms with Gasteiger partial charge in [0.05, 0.1) is 11.4 Å². The Morgan fingerprint density at radius 3 is 1.36 bits per heavy atom. The van der Waals surface area contributed by atoms with Crippen molar-refractivity contribution in [2.24, 2.45) is 0 Å². The van der Waals surface area contributed by atoms with Crippen LogP contribution in [0.15, 0.2) is 224 Å². The van der Waals surface area contributed by atoms with Crippen molar-refractivity contribution in [1.82, 2.24) is 0 Å². The van der Waals surface area contributed by atoms with E-state index in [4.69, 9.17) is 0 Å². The third kappa shape index (κ3) is 6.42. The fourth-order valence-corrected chi connectivity index (χ4v) is 7.47. The fourth-order valence-electron chi connectivity index (χ4n) is 7.47. The highest BCUT2D eigenvalue weighted by Gasteiger charge is 2.20. The zero-order chi connectivity index (χ0) is 35.4. The first-order valence-electron chi connectivity index (χ1n) is 18.2. The number of nitrogens with zero attached hydrogens (tertiary/aromatic N) is 1. The molecule has 1 heteroatoms. The molecule has 250 valence electrons. The van der Waals surface area contributed by atoms with E-state index in [1.54, 1.807) is 0 Å². The normalized spacial score (nSPS) is 11.0. The molecule has 0 aliphatic heterocycles. The second kappa shape index (κ2) is 14.3. The Kier molecular flexibility index (Phi) is 8.66. The Morgan fingerprint density at radius 2 is 0.660 bits per heavy atom. The molecule has 0 N–H and O–H groups in total. The number of rotatable bonds is 8. The number of para-hydroxylation sites is 2. The van der Waals surface area contributed by atoms with Gasteiger partial charge in [-0.2, -0.15) is 0 Å². The van der Waals surface area contributed by atoms with Crippen molar-refractivity contribution in [1.29, 1.82) is 0 Å². The van der Waals surface area contributed by atoms with Gasteiger partial charge in [0, 0.05) is 16.8 Å². The molecule has 1 nitrogen and oxygen atoms in total. The highest BCUT2D eigenvalue weighted by atomic mass is 15.1. The second-order valence-corrected chi connectivity index (χ2v) is 13.3. The third-order valence-corrected chi connectivity index (χ3v) is 10.1. The van der Waals surface area contributed by atoms with Gasteiger partial charge in [-0.05, 0) is 85.6 Å². The van der Waals surface area contributed by atoms with Gasteiger partial charge in [-0.3, -0.25) is 0 Å². The maximum absolute atomic E-state index is 2.42. The van der Waals surface area contributed by atoms with E-state index >= 15 is 0 Å². The molecule has 9 rings (SSSR count). The van der Waals surface area contributed by atoms with Crippen LogP contribution in [0, 0.1) is 0 Å². The molecule has 0 bridgehead atoms. The van der Waals surface area contributed by atoms with Crippen molar-refractivity contribution < 1.29 is 0 Å². The molecule has 0 saturated carbocycles. The molecule has 0 heterocycles. The SMILES string of the molecule is c1ccc(-c2ccc(-c3ccccc3N(c3ccc(-c4cccc(-c5cccc6ccccc56)c4)cc3)c3ccccc3-c3ccccc3)cc2)cc1. The van der Waals surface area contributed by atoms with Gasteiger partial charge in [-0.15, -0.1) is 0 Å². The summed E-state index contributed by atoms with van der Waals surface area (Å²) in [6.07, 6.45) is 0. The monoisotopic (exact) mass is 675 g/mol. The summed E-state index contributed by atoms with van der Waals surface area (Å²) >= 11 is 0. The van der Waals surface area contributed by atoms with Gasteiger partial charge >= 0.3 is 0 Å². The van der Waals surface area contributed by atoms with Crippen LogP contribution in [0.25, 0.3) is 66.4 Å². The van der Waals surface area contributed by atoms with Crippen LogP contribution in [0.5, 0.6) is 0 Å². The van der Waals surface area contributed by atoms with Gasteiger partial charge in [0.25, 0.3) is 0 Å². The second-order valence-electron chi connectivity index (χ2n) is 13.3. The zero-order valence-electron chi connectivity index (χ0n) is 29.3. The summed E-state index contributed by atoms with van der Waals surface area (Å²) < 4.78 is 0. The number of benzene rings is 9. The summed E-state index contributed by atoms with van der Waals surface area (Å²) in [7, 11) is 0. The van der Waals surface area contributed by atoms with E-state index in [1.165, 1.54) is 66.4 Å². The first kappa shape index (κ1) is 32.0. The Labute approximate surface area is 311 Å². The number of fused-ring (bicyclic) bond motifs is 1. The standard InChI is InChI=1S/C52H37N/c1-3-15-38(16-4-1)39-29-31-43(32-30-39)50-25-10-12-28-52(50)53(51-27-11-9-24-49(51)42-17-5-2-6-18-42)46-35-33-40(34-36-46)44-21-13-22-45(37-44)48-26-14-20-41-19-7-8-23-47(41)48/h1-37H. The van der Waals surface area contributed by atoms with Crippen molar-refractivity contribution >= 4 is 27.8 Å². The molecule has 0 unspecified atom stereocenters. The first-order valence-corrected chi connectivity index (χ1v) is 18.2. The lowest BCUT2D eigenvalue weighted by Crippen LogP contribution is -2.12. The quantitative estimate of drug-likeness (QED) is 0.155. The van der Waals surface area contributed by atoms with Crippen LogP contribution in [0.3, 0.4) is 0 Å². The lowest BCUT2D eigenvalue weighted by molar-refractivity contribution is 1.28. The predicted molar refractivity (Wildman–Crippen MR) is 226 cm³/mol. The third-order valence-electron chi connectivity index (χ3n) is 10.1. The molecule has 0 fully saturated rings. The van der Waals surface area contributed by atoms with Gasteiger partial charge in [-0.25, -0.2) is 0 Å². The smallest absolute Gasteiger partial charge is 0.0540 e. The van der Waals surface area contributed by atoms with Crippen molar-refractivity contribution in [3.63, 3.8) is 0 Å². The molecule has 53 heavy (non-hydrogen) atoms. The fraction of sp³-hybridized carbons (Fsp3) is 0. The molecule has 0 atom stereocenters. The molecule has 0 aromatic heterocycles. The Bertz CT molecular complexity index is 2640. The zero-order valence-corrected chi connectivity index (χ0v) is 29.3. The lowest BCUT2D eigenvalue weighted by atomic mass is 9.95. The highest BCUT2D eigenvalue weighted by molar-refractivity contribution is 5.98. The largest absolute Gasteiger partial charge is 0.309 e. The topological polar surface area (TPSA) is 3.24 Å². The molecule has 0 amide bonds. The molecule has 9 aromatic carbocycles. The van der Waals surface area contributed by atoms with Crippen LogP contribution in [0.1, 0.15) is 0 Å². The van der Waals surface area contributed by atoms with Crippen molar-refractivity contribution in [3.05, 3.63) is 224 Å². The summed E-state index contributed by atoms with van der Waals surface area (Å²) in [5, 5.41) is 2.52. The van der Waals surface area contributed by atoms with E-state index in [2.05, 4.69) is 229 Å². The van der Waals surface area contributed by atoms with Gasteiger partial charge < -0.3 is 4.90 Å². The van der Waals surface area contributed by atoms with Gasteiger partial charge in [0.15, 0.2) is 0 Å². The van der Waals surface area contributed by atoms with Gasteiger partial charge in [0.1, 0.15) is 0 Å². The molecular weight excluding hydrogens is 639 g/mol. The van der Waals surface area contributed by atoms with Crippen LogP contribution < -0.4 is 4.90 Å². The minimum atomic E-state index is 1.09. The maximum atomic E-state index is 2.42. The molecule has 0 aliphatic rings. The van der Waals surface area contributed by atoms with E-state index in [-0.39, 0.29) is 0 Å². The predicted octanol–water partition coefficient (Wildman–Crippen LogP) is 14.6. The van der Waals surface area contributed by atoms with Crippen molar-refractivity contribution in [2.45, 2.75) is 0 Å². The van der Waals surface area contributed by atoms with E-state index in [0.29, 0.717) is 0 Å². The van der Waals surface area contributed by atoms with E-state index in [1.807, 2.05) is 0 Å². The number of hydrogen-bond acceptors (Lipinski definition) is 1. The van der Waals surface area contributed by atoms with Crippen LogP contribution in [0.4, 0.5) is 17.1 Å². The molecule has 0 aliphatic carbocycles. The van der Waals surface area contributed by atoms with E-state index in [9.17, 15) is 0 Å². The molecule has 9 aromatic rings. The summed E-state index contributed by atoms with van der Waals surface area (Å²) in [6.45, 7) is 0. The van der Waals surface area contributed by atoms with Crippen molar-refractivity contribution in [2.75, 3.05) is 4.90 Å². The Hall–Kier alpha value is -6.96. The van der Waals surface area contributed by atoms with Crippen LogP contribution >= 0.6 is 0 Å². The van der Waals surface area contributed by atoms with E-state index in [0.717, 1.165) is 17.1 Å². The van der Waals surface area contributed by atoms with Crippen LogP contribution in [-0.4, -0.2) is 0 Å². The van der Waals surface area contributed by atoms with Crippen LogP contribution in [-0.2, 0) is 0 Å². The molecular formula is C52H37N. The average Bonchev–Trinajstić information content (AvgIpc) is 3.25. The average molecular weight is 676 g/mol. The molecule has 0 radical (unpaired) electrons. The number of anilines is 3. The van der Waals surface area contributed by atoms with Gasteiger partial charge in [-0.1, -0.05) is 194 Å². The van der Waals surface area contributed by atoms with Crippen LogP contribution in [0.2, 0.25) is 0 Å². The van der Waals surface area contributed by atoms with Crippen molar-refractivity contribution in [3.8, 4) is 55.6 Å². The summed E-state index contributed by atoms with van der Waals surface area (Å²) in [5.41, 5.74) is 15.3. The minimum absolute atomic E-state index is 1.09. The number of hydrogen-bond donors (Lipinski definition) is 0. The van der Waals surface area contributed by atoms with Gasteiger partial charge in [0.2, 0.25) is 0 Å². The first-order chi connectivity index (χ1) is 26.3. The summed E-state index contributed by atoms with van der Waals surface area (Å²) in [5.74, 6) is 0. The molecule has 0 spiro atoms. The molecule has 0 saturated heterocycles. The highest BCUT2D eigenvalue weighted by Crippen LogP contribution is 2.45. The minimum Gasteiger partial charge on any atom is -0.309 e. The summed E-state index contributed by atoms with van der Waals surface area (Å²) in [6, 6.07) is 80.8.